The molecule has 2 fully saturated rings. The minimum Gasteiger partial charge on any atom is -0.462 e. The molecule has 8 heteroatoms. The fourth-order valence-electron chi connectivity index (χ4n) is 6.09. The Morgan fingerprint density at radius 2 is 1.65 bits per heavy atom. The topological polar surface area (TPSA) is 96.6 Å². The van der Waals surface area contributed by atoms with E-state index in [0.29, 0.717) is 16.4 Å². The largest absolute Gasteiger partial charge is 0.462 e. The van der Waals surface area contributed by atoms with Crippen LogP contribution in [0.25, 0.3) is 0 Å². The molecule has 0 radical (unpaired) electrons. The second kappa shape index (κ2) is 13.8. The zero-order chi connectivity index (χ0) is 28.9. The standard InChI is InChI=1S/C32H43NO5S2/c1-5-21-7-9-22(10-8-21)23-11-13-24(14-12-23)29(35)38-26-15-6-20(2)27-28(26)40-31(39-27)25(18-33)30(36)37-17-16-32(3,4)19-34/h6,15,21-24,34H,5,7-14,16-17,19H2,1-4H3/b31-25+. The average Bonchev–Trinajstić information content (AvgIpc) is 3.41. The minimum absolute atomic E-state index is 0.0140. The Morgan fingerprint density at radius 3 is 2.25 bits per heavy atom. The Kier molecular flexibility index (Phi) is 10.7. The number of ether oxygens (including phenoxy) is 2. The molecule has 0 atom stereocenters. The number of rotatable bonds is 9. The van der Waals surface area contributed by atoms with Gasteiger partial charge in [-0.1, -0.05) is 69.6 Å². The van der Waals surface area contributed by atoms with Crippen molar-refractivity contribution in [3.05, 3.63) is 27.5 Å². The van der Waals surface area contributed by atoms with E-state index in [0.717, 1.165) is 58.8 Å². The summed E-state index contributed by atoms with van der Waals surface area (Å²) < 4.78 is 11.9. The molecule has 2 aliphatic carbocycles. The summed E-state index contributed by atoms with van der Waals surface area (Å²) in [5.74, 6) is 2.04. The van der Waals surface area contributed by atoms with Crippen molar-refractivity contribution in [1.29, 1.82) is 5.26 Å². The van der Waals surface area contributed by atoms with Gasteiger partial charge < -0.3 is 14.6 Å². The smallest absolute Gasteiger partial charge is 0.350 e. The molecule has 218 valence electrons. The van der Waals surface area contributed by atoms with Crippen LogP contribution in [0.15, 0.2) is 31.7 Å². The lowest BCUT2D eigenvalue weighted by molar-refractivity contribution is -0.141. The van der Waals surface area contributed by atoms with E-state index in [1.54, 1.807) is 0 Å². The van der Waals surface area contributed by atoms with E-state index in [1.165, 1.54) is 55.6 Å². The predicted molar refractivity (Wildman–Crippen MR) is 159 cm³/mol. The Bertz CT molecular complexity index is 1150. The molecule has 6 nitrogen and oxygen atoms in total. The molecule has 1 aliphatic heterocycles. The maximum absolute atomic E-state index is 13.2. The van der Waals surface area contributed by atoms with Crippen LogP contribution in [0.1, 0.15) is 90.5 Å². The molecule has 1 aromatic rings. The fourth-order valence-corrected chi connectivity index (χ4v) is 8.72. The highest BCUT2D eigenvalue weighted by Crippen LogP contribution is 2.57. The minimum atomic E-state index is -0.671. The molecule has 1 heterocycles. The second-order valence-electron chi connectivity index (χ2n) is 12.4. The van der Waals surface area contributed by atoms with Gasteiger partial charge in [-0.05, 0) is 86.7 Å². The van der Waals surface area contributed by atoms with E-state index >= 15 is 0 Å². The average molecular weight is 586 g/mol. The number of benzene rings is 1. The number of carbonyl (C=O) groups excluding carboxylic acids is 2. The van der Waals surface area contributed by atoms with Crippen molar-refractivity contribution in [3.63, 3.8) is 0 Å². The van der Waals surface area contributed by atoms with Crippen LogP contribution in [-0.4, -0.2) is 30.3 Å². The van der Waals surface area contributed by atoms with Gasteiger partial charge in [-0.2, -0.15) is 5.26 Å². The molecule has 0 bridgehead atoms. The normalized spacial score (nSPS) is 26.0. The van der Waals surface area contributed by atoms with Crippen LogP contribution in [-0.2, 0) is 14.3 Å². The fraction of sp³-hybridized carbons (Fsp3) is 0.656. The van der Waals surface area contributed by atoms with Gasteiger partial charge in [0.15, 0.2) is 5.57 Å². The Hall–Kier alpha value is -1.95. The van der Waals surface area contributed by atoms with Gasteiger partial charge in [0.1, 0.15) is 11.8 Å². The van der Waals surface area contributed by atoms with Crippen LogP contribution in [0.3, 0.4) is 0 Å². The Morgan fingerprint density at radius 1 is 1.02 bits per heavy atom. The first-order chi connectivity index (χ1) is 19.2. The molecule has 0 spiro atoms. The van der Waals surface area contributed by atoms with Crippen LogP contribution < -0.4 is 4.74 Å². The van der Waals surface area contributed by atoms with Crippen molar-refractivity contribution < 1.29 is 24.2 Å². The number of nitrogens with zero attached hydrogens (tertiary/aromatic N) is 1. The number of fused-ring (bicyclic) bond motifs is 1. The number of hydrogen-bond donors (Lipinski definition) is 1. The summed E-state index contributed by atoms with van der Waals surface area (Å²) in [5.41, 5.74) is 0.586. The van der Waals surface area contributed by atoms with Crippen molar-refractivity contribution in [3.8, 4) is 11.8 Å². The third-order valence-corrected chi connectivity index (χ3v) is 11.8. The van der Waals surface area contributed by atoms with Crippen molar-refractivity contribution in [1.82, 2.24) is 0 Å². The molecule has 2 saturated carbocycles. The van der Waals surface area contributed by atoms with Gasteiger partial charge in [-0.25, -0.2) is 4.79 Å². The first-order valence-electron chi connectivity index (χ1n) is 14.8. The maximum atomic E-state index is 13.2. The lowest BCUT2D eigenvalue weighted by Crippen LogP contribution is -2.30. The second-order valence-corrected chi connectivity index (χ2v) is 14.7. The number of thioether (sulfide) groups is 2. The predicted octanol–water partition coefficient (Wildman–Crippen LogP) is 7.81. The van der Waals surface area contributed by atoms with Crippen LogP contribution in [0, 0.1) is 47.3 Å². The highest BCUT2D eigenvalue weighted by molar-refractivity contribution is 8.24. The number of aryl methyl sites for hydroxylation is 1. The molecule has 0 amide bonds. The van der Waals surface area contributed by atoms with Crippen LogP contribution >= 0.6 is 23.5 Å². The summed E-state index contributed by atoms with van der Waals surface area (Å²) in [6.45, 7) is 8.16. The zero-order valence-electron chi connectivity index (χ0n) is 24.3. The van der Waals surface area contributed by atoms with Gasteiger partial charge >= 0.3 is 11.9 Å². The Balaban J connectivity index is 1.37. The number of hydrogen-bond acceptors (Lipinski definition) is 8. The summed E-state index contributed by atoms with van der Waals surface area (Å²) in [7, 11) is 0. The number of aliphatic hydroxyl groups is 1. The van der Waals surface area contributed by atoms with Crippen LogP contribution in [0.4, 0.5) is 0 Å². The van der Waals surface area contributed by atoms with E-state index in [4.69, 9.17) is 9.47 Å². The SMILES string of the molecule is CCC1CCC(C2CCC(C(=O)Oc3ccc(C)c4c3S/C(=C(\C#N)C(=O)OCCC(C)(C)CO)S4)CC2)CC1. The van der Waals surface area contributed by atoms with Crippen molar-refractivity contribution in [2.75, 3.05) is 13.2 Å². The van der Waals surface area contributed by atoms with Crippen LogP contribution in [0.2, 0.25) is 0 Å². The van der Waals surface area contributed by atoms with Crippen molar-refractivity contribution in [2.24, 2.45) is 29.1 Å². The highest BCUT2D eigenvalue weighted by Gasteiger charge is 2.35. The Labute approximate surface area is 247 Å². The number of carbonyl (C=O) groups is 2. The summed E-state index contributed by atoms with van der Waals surface area (Å²) in [4.78, 5) is 27.6. The van der Waals surface area contributed by atoms with Gasteiger partial charge in [0.2, 0.25) is 0 Å². The number of nitriles is 1. The summed E-state index contributed by atoms with van der Waals surface area (Å²) in [5, 5.41) is 19.2. The number of aliphatic hydroxyl groups excluding tert-OH is 1. The lowest BCUT2D eigenvalue weighted by atomic mass is 9.69. The molecular weight excluding hydrogens is 542 g/mol. The monoisotopic (exact) mass is 585 g/mol. The van der Waals surface area contributed by atoms with Crippen molar-refractivity contribution >= 4 is 35.5 Å². The molecule has 1 N–H and O–H groups in total. The van der Waals surface area contributed by atoms with E-state index in [2.05, 4.69) is 6.92 Å². The highest BCUT2D eigenvalue weighted by atomic mass is 32.2. The first-order valence-corrected chi connectivity index (χ1v) is 16.4. The molecular formula is C32H43NO5S2. The molecule has 0 unspecified atom stereocenters. The van der Waals surface area contributed by atoms with E-state index < -0.39 is 5.97 Å². The van der Waals surface area contributed by atoms with Crippen molar-refractivity contribution in [2.45, 2.75) is 102 Å². The molecule has 3 aliphatic rings. The zero-order valence-corrected chi connectivity index (χ0v) is 25.9. The van der Waals surface area contributed by atoms with E-state index in [1.807, 2.05) is 39.0 Å². The third kappa shape index (κ3) is 7.46. The summed E-state index contributed by atoms with van der Waals surface area (Å²) in [6.07, 6.45) is 11.2. The summed E-state index contributed by atoms with van der Waals surface area (Å²) in [6, 6.07) is 5.76. The molecule has 4 rings (SSSR count). The van der Waals surface area contributed by atoms with E-state index in [9.17, 15) is 20.0 Å². The first kappa shape index (κ1) is 31.0. The van der Waals surface area contributed by atoms with Gasteiger partial charge in [-0.15, -0.1) is 0 Å². The molecule has 1 aromatic carbocycles. The lowest BCUT2D eigenvalue weighted by Gasteiger charge is -2.37. The number of esters is 2. The van der Waals surface area contributed by atoms with Gasteiger partial charge in [0.25, 0.3) is 0 Å². The van der Waals surface area contributed by atoms with Gasteiger partial charge in [0.05, 0.1) is 21.7 Å². The third-order valence-electron chi connectivity index (χ3n) is 9.07. The van der Waals surface area contributed by atoms with Gasteiger partial charge in [0, 0.05) is 11.5 Å². The van der Waals surface area contributed by atoms with E-state index in [-0.39, 0.29) is 36.1 Å². The summed E-state index contributed by atoms with van der Waals surface area (Å²) >= 11 is 2.64. The van der Waals surface area contributed by atoms with Gasteiger partial charge in [-0.3, -0.25) is 4.79 Å². The quantitative estimate of drug-likeness (QED) is 0.136. The molecule has 0 aromatic heterocycles. The van der Waals surface area contributed by atoms with Crippen LogP contribution in [0.5, 0.6) is 5.75 Å². The molecule has 40 heavy (non-hydrogen) atoms. The molecule has 0 saturated heterocycles. The maximum Gasteiger partial charge on any atom is 0.350 e.